The summed E-state index contributed by atoms with van der Waals surface area (Å²) >= 11 is 1.84. The Labute approximate surface area is 297 Å². The van der Waals surface area contributed by atoms with Crippen LogP contribution in [0.3, 0.4) is 0 Å². The molecule has 0 aliphatic heterocycles. The molecule has 0 radical (unpaired) electrons. The van der Waals surface area contributed by atoms with Gasteiger partial charge in [0, 0.05) is 58.5 Å². The van der Waals surface area contributed by atoms with Crippen LogP contribution >= 0.6 is 11.3 Å². The number of thiophene rings is 1. The number of nitrogens with zero attached hydrogens (tertiary/aromatic N) is 2. The number of hydrogen-bond acceptors (Lipinski definition) is 3. The Bertz CT molecular complexity index is 3130. The predicted octanol–water partition coefficient (Wildman–Crippen LogP) is 13.4. The lowest BCUT2D eigenvalue weighted by Crippen LogP contribution is -1.93. The van der Waals surface area contributed by atoms with Crippen LogP contribution in [0, 0.1) is 0 Å². The topological polar surface area (TPSA) is 31.0 Å². The van der Waals surface area contributed by atoms with Crippen molar-refractivity contribution in [1.82, 2.24) is 9.55 Å². The molecule has 51 heavy (non-hydrogen) atoms. The summed E-state index contributed by atoms with van der Waals surface area (Å²) < 4.78 is 11.4. The normalized spacial score (nSPS) is 11.9. The number of benzene rings is 7. The van der Waals surface area contributed by atoms with E-state index in [2.05, 4.69) is 174 Å². The summed E-state index contributed by atoms with van der Waals surface area (Å²) in [6.45, 7) is 0. The molecule has 3 nitrogen and oxygen atoms in total. The van der Waals surface area contributed by atoms with Gasteiger partial charge in [0.2, 0.25) is 0 Å². The second-order valence-corrected chi connectivity index (χ2v) is 14.2. The van der Waals surface area contributed by atoms with Crippen molar-refractivity contribution in [3.63, 3.8) is 0 Å². The first-order valence-corrected chi connectivity index (χ1v) is 18.0. The minimum atomic E-state index is 0.898. The molecule has 0 aliphatic rings. The molecule has 0 saturated carbocycles. The minimum Gasteiger partial charge on any atom is -0.456 e. The first kappa shape index (κ1) is 28.4. The van der Waals surface area contributed by atoms with Gasteiger partial charge in [-0.25, -0.2) is 4.98 Å². The van der Waals surface area contributed by atoms with Crippen LogP contribution in [-0.2, 0) is 0 Å². The molecule has 0 fully saturated rings. The molecule has 0 unspecified atom stereocenters. The first-order valence-electron chi connectivity index (χ1n) is 17.2. The number of rotatable bonds is 4. The van der Waals surface area contributed by atoms with Gasteiger partial charge in [-0.2, -0.15) is 0 Å². The molecule has 0 N–H and O–H groups in total. The number of furan rings is 1. The van der Waals surface area contributed by atoms with Crippen LogP contribution < -0.4 is 0 Å². The Morgan fingerprint density at radius 2 is 1.08 bits per heavy atom. The SMILES string of the molecule is c1ccc(-c2cc(-c3ccc4oc5ccc6sc7ccccc7c6c5c4c3)cc(-c3ccc4c(c3)c3ccccc3n4-c3ccccc3)n2)cc1. The molecule has 0 saturated heterocycles. The lowest BCUT2D eigenvalue weighted by atomic mass is 9.97. The van der Waals surface area contributed by atoms with Crippen LogP contribution in [0.25, 0.3) is 103 Å². The highest BCUT2D eigenvalue weighted by Crippen LogP contribution is 2.44. The molecular formula is C47H28N2OS. The van der Waals surface area contributed by atoms with Gasteiger partial charge in [-0.15, -0.1) is 11.3 Å². The minimum absolute atomic E-state index is 0.898. The molecule has 4 aromatic heterocycles. The zero-order valence-electron chi connectivity index (χ0n) is 27.4. The largest absolute Gasteiger partial charge is 0.456 e. The van der Waals surface area contributed by atoms with E-state index in [1.807, 2.05) is 11.3 Å². The summed E-state index contributed by atoms with van der Waals surface area (Å²) in [7, 11) is 0. The van der Waals surface area contributed by atoms with E-state index in [0.717, 1.165) is 55.9 Å². The average molecular weight is 669 g/mol. The first-order chi connectivity index (χ1) is 25.3. The summed E-state index contributed by atoms with van der Waals surface area (Å²) in [4.78, 5) is 5.30. The number of hydrogen-bond donors (Lipinski definition) is 0. The zero-order chi connectivity index (χ0) is 33.5. The molecule has 238 valence electrons. The third-order valence-electron chi connectivity index (χ3n) is 10.2. The second kappa shape index (κ2) is 11.0. The van der Waals surface area contributed by atoms with Crippen molar-refractivity contribution in [3.8, 4) is 39.3 Å². The Hall–Kier alpha value is -6.49. The molecule has 4 heteroatoms. The standard InChI is InChI=1S/C47H28N2OS/c1-3-11-29(12-4-1)38-27-32(30-20-22-42-37(25-30)46-43(50-42)23-24-45-47(46)35-16-8-10-18-44(35)51-45)28-39(48-38)31-19-21-41-36(26-31)34-15-7-9-17-40(34)49(41)33-13-5-2-6-14-33/h1-28H. The van der Waals surface area contributed by atoms with Crippen molar-refractivity contribution in [2.24, 2.45) is 0 Å². The summed E-state index contributed by atoms with van der Waals surface area (Å²) in [6, 6.07) is 60.6. The van der Waals surface area contributed by atoms with E-state index in [4.69, 9.17) is 9.40 Å². The molecule has 0 amide bonds. The Morgan fingerprint density at radius 1 is 0.412 bits per heavy atom. The smallest absolute Gasteiger partial charge is 0.136 e. The molecule has 0 bridgehead atoms. The van der Waals surface area contributed by atoms with Gasteiger partial charge in [0.15, 0.2) is 0 Å². The third kappa shape index (κ3) is 4.40. The molecule has 0 spiro atoms. The third-order valence-corrected chi connectivity index (χ3v) is 11.3. The van der Waals surface area contributed by atoms with Gasteiger partial charge in [-0.05, 0) is 83.9 Å². The lowest BCUT2D eigenvalue weighted by molar-refractivity contribution is 0.669. The number of para-hydroxylation sites is 2. The second-order valence-electron chi connectivity index (χ2n) is 13.1. The van der Waals surface area contributed by atoms with Crippen LogP contribution in [-0.4, -0.2) is 9.55 Å². The van der Waals surface area contributed by atoms with Gasteiger partial charge in [0.1, 0.15) is 11.2 Å². The van der Waals surface area contributed by atoms with Crippen molar-refractivity contribution >= 4 is 75.3 Å². The summed E-state index contributed by atoms with van der Waals surface area (Å²) in [5, 5.41) is 7.29. The van der Waals surface area contributed by atoms with E-state index in [1.165, 1.54) is 47.4 Å². The maximum Gasteiger partial charge on any atom is 0.136 e. The number of fused-ring (bicyclic) bond motifs is 10. The van der Waals surface area contributed by atoms with Gasteiger partial charge < -0.3 is 8.98 Å². The van der Waals surface area contributed by atoms with E-state index in [0.29, 0.717) is 0 Å². The fraction of sp³-hybridized carbons (Fsp3) is 0. The monoisotopic (exact) mass is 668 g/mol. The van der Waals surface area contributed by atoms with Crippen LogP contribution in [0.2, 0.25) is 0 Å². The fourth-order valence-corrected chi connectivity index (χ4v) is 8.97. The Kier molecular flexibility index (Phi) is 6.12. The summed E-state index contributed by atoms with van der Waals surface area (Å²) in [5.41, 5.74) is 11.6. The zero-order valence-corrected chi connectivity index (χ0v) is 28.2. The van der Waals surface area contributed by atoms with Crippen LogP contribution in [0.1, 0.15) is 0 Å². The van der Waals surface area contributed by atoms with Crippen molar-refractivity contribution < 1.29 is 4.42 Å². The van der Waals surface area contributed by atoms with Crippen LogP contribution in [0.4, 0.5) is 0 Å². The average Bonchev–Trinajstić information content (AvgIpc) is 3.87. The molecule has 0 aliphatic carbocycles. The maximum absolute atomic E-state index is 6.46. The Balaban J connectivity index is 1.14. The van der Waals surface area contributed by atoms with Gasteiger partial charge in [0.05, 0.1) is 22.4 Å². The fourth-order valence-electron chi connectivity index (χ4n) is 7.85. The van der Waals surface area contributed by atoms with Crippen molar-refractivity contribution in [3.05, 3.63) is 170 Å². The Morgan fingerprint density at radius 3 is 1.94 bits per heavy atom. The van der Waals surface area contributed by atoms with E-state index in [-0.39, 0.29) is 0 Å². The maximum atomic E-state index is 6.46. The number of aromatic nitrogens is 2. The molecule has 0 atom stereocenters. The highest BCUT2D eigenvalue weighted by atomic mass is 32.1. The van der Waals surface area contributed by atoms with Gasteiger partial charge >= 0.3 is 0 Å². The van der Waals surface area contributed by atoms with Gasteiger partial charge in [-0.3, -0.25) is 0 Å². The highest BCUT2D eigenvalue weighted by Gasteiger charge is 2.18. The molecule has 11 rings (SSSR count). The lowest BCUT2D eigenvalue weighted by Gasteiger charge is -2.11. The van der Waals surface area contributed by atoms with E-state index in [9.17, 15) is 0 Å². The molecular weight excluding hydrogens is 641 g/mol. The van der Waals surface area contributed by atoms with Crippen molar-refractivity contribution in [2.45, 2.75) is 0 Å². The van der Waals surface area contributed by atoms with Crippen LogP contribution in [0.15, 0.2) is 174 Å². The van der Waals surface area contributed by atoms with E-state index < -0.39 is 0 Å². The molecule has 7 aromatic carbocycles. The summed E-state index contributed by atoms with van der Waals surface area (Å²) in [6.07, 6.45) is 0. The van der Waals surface area contributed by atoms with Gasteiger partial charge in [-0.1, -0.05) is 97.1 Å². The van der Waals surface area contributed by atoms with Crippen molar-refractivity contribution in [1.29, 1.82) is 0 Å². The quantitative estimate of drug-likeness (QED) is 0.187. The predicted molar refractivity (Wildman–Crippen MR) is 215 cm³/mol. The van der Waals surface area contributed by atoms with E-state index in [1.54, 1.807) is 0 Å². The molecule has 4 heterocycles. The van der Waals surface area contributed by atoms with Crippen molar-refractivity contribution in [2.75, 3.05) is 0 Å². The van der Waals surface area contributed by atoms with E-state index >= 15 is 0 Å². The van der Waals surface area contributed by atoms with Crippen LogP contribution in [0.5, 0.6) is 0 Å². The molecule has 11 aromatic rings. The summed E-state index contributed by atoms with van der Waals surface area (Å²) in [5.74, 6) is 0. The number of pyridine rings is 1. The van der Waals surface area contributed by atoms with Gasteiger partial charge in [0.25, 0.3) is 0 Å². The highest BCUT2D eigenvalue weighted by molar-refractivity contribution is 7.26.